The number of carbonyl (C=O) groups excluding carboxylic acids is 1. The third-order valence-corrected chi connectivity index (χ3v) is 6.70. The molecule has 0 bridgehead atoms. The molecule has 4 nitrogen and oxygen atoms in total. The Labute approximate surface area is 198 Å². The van der Waals surface area contributed by atoms with E-state index in [1.807, 2.05) is 56.6 Å². The van der Waals surface area contributed by atoms with E-state index in [9.17, 15) is 9.18 Å². The molecule has 0 aliphatic rings. The number of halogens is 1. The van der Waals surface area contributed by atoms with Gasteiger partial charge in [0.2, 0.25) is 5.91 Å². The van der Waals surface area contributed by atoms with Gasteiger partial charge in [0.15, 0.2) is 5.13 Å². The van der Waals surface area contributed by atoms with Crippen molar-refractivity contribution in [1.82, 2.24) is 9.88 Å². The molecule has 0 radical (unpaired) electrons. The number of fused-ring (bicyclic) bond motifs is 1. The second kappa shape index (κ2) is 10.7. The number of hydrogen-bond acceptors (Lipinski definition) is 4. The van der Waals surface area contributed by atoms with Gasteiger partial charge in [0.1, 0.15) is 11.3 Å². The van der Waals surface area contributed by atoms with Crippen LogP contribution in [0, 0.1) is 5.82 Å². The monoisotopic (exact) mass is 461 g/mol. The number of benzene rings is 3. The molecule has 0 N–H and O–H groups in total. The van der Waals surface area contributed by atoms with Crippen LogP contribution in [0.5, 0.6) is 0 Å². The van der Waals surface area contributed by atoms with Crippen LogP contribution >= 0.6 is 11.3 Å². The summed E-state index contributed by atoms with van der Waals surface area (Å²) in [5.74, 6) is -0.435. The van der Waals surface area contributed by atoms with Crippen molar-refractivity contribution in [1.29, 1.82) is 0 Å². The molecule has 0 unspecified atom stereocenters. The molecular formula is C27H28FN3OS. The number of hydrogen-bond donors (Lipinski definition) is 0. The smallest absolute Gasteiger partial charge is 0.229 e. The maximum Gasteiger partial charge on any atom is 0.229 e. The van der Waals surface area contributed by atoms with Gasteiger partial charge in [-0.05, 0) is 50.3 Å². The maximum absolute atomic E-state index is 14.3. The molecular weight excluding hydrogens is 433 g/mol. The summed E-state index contributed by atoms with van der Waals surface area (Å²) >= 11 is 1.37. The van der Waals surface area contributed by atoms with Gasteiger partial charge in [0.05, 0.1) is 4.70 Å². The Morgan fingerprint density at radius 2 is 1.55 bits per heavy atom. The predicted octanol–water partition coefficient (Wildman–Crippen LogP) is 5.94. The SMILES string of the molecule is CN(C)CCCN(C(=O)CC(c1ccccc1)c1ccccc1)c1nc2c(F)cccc2s1. The van der Waals surface area contributed by atoms with Gasteiger partial charge in [-0.3, -0.25) is 9.69 Å². The molecule has 1 heterocycles. The van der Waals surface area contributed by atoms with Crippen LogP contribution in [0.3, 0.4) is 0 Å². The summed E-state index contributed by atoms with van der Waals surface area (Å²) in [5.41, 5.74) is 2.52. The van der Waals surface area contributed by atoms with Gasteiger partial charge in [-0.25, -0.2) is 9.37 Å². The van der Waals surface area contributed by atoms with Crippen molar-refractivity contribution in [2.45, 2.75) is 18.8 Å². The average molecular weight is 462 g/mol. The number of rotatable bonds is 9. The summed E-state index contributed by atoms with van der Waals surface area (Å²) in [4.78, 5) is 22.1. The molecule has 33 heavy (non-hydrogen) atoms. The van der Waals surface area contributed by atoms with E-state index in [2.05, 4.69) is 34.1 Å². The zero-order valence-electron chi connectivity index (χ0n) is 18.9. The highest BCUT2D eigenvalue weighted by Gasteiger charge is 2.25. The van der Waals surface area contributed by atoms with E-state index in [4.69, 9.17) is 0 Å². The number of thiazole rings is 1. The fraction of sp³-hybridized carbons (Fsp3) is 0.259. The fourth-order valence-electron chi connectivity index (χ4n) is 3.97. The topological polar surface area (TPSA) is 36.4 Å². The molecule has 4 rings (SSSR count). The minimum Gasteiger partial charge on any atom is -0.309 e. The van der Waals surface area contributed by atoms with Crippen molar-refractivity contribution < 1.29 is 9.18 Å². The number of nitrogens with zero attached hydrogens (tertiary/aromatic N) is 3. The molecule has 0 spiro atoms. The van der Waals surface area contributed by atoms with Crippen LogP contribution in [0.25, 0.3) is 10.2 Å². The Balaban J connectivity index is 1.66. The van der Waals surface area contributed by atoms with E-state index in [-0.39, 0.29) is 17.6 Å². The molecule has 0 fully saturated rings. The van der Waals surface area contributed by atoms with Crippen LogP contribution in [0.15, 0.2) is 78.9 Å². The van der Waals surface area contributed by atoms with Crippen molar-refractivity contribution in [2.24, 2.45) is 0 Å². The largest absolute Gasteiger partial charge is 0.309 e. The first-order valence-electron chi connectivity index (χ1n) is 11.1. The predicted molar refractivity (Wildman–Crippen MR) is 134 cm³/mol. The van der Waals surface area contributed by atoms with Crippen LogP contribution in [0.2, 0.25) is 0 Å². The summed E-state index contributed by atoms with van der Waals surface area (Å²) in [6.45, 7) is 1.39. The lowest BCUT2D eigenvalue weighted by atomic mass is 9.88. The maximum atomic E-state index is 14.3. The van der Waals surface area contributed by atoms with Crippen LogP contribution in [-0.4, -0.2) is 43.0 Å². The normalized spacial score (nSPS) is 11.4. The van der Waals surface area contributed by atoms with Crippen LogP contribution in [0.4, 0.5) is 9.52 Å². The zero-order chi connectivity index (χ0) is 23.2. The summed E-state index contributed by atoms with van der Waals surface area (Å²) in [5, 5.41) is 0.554. The first-order valence-corrected chi connectivity index (χ1v) is 11.9. The minimum absolute atomic E-state index is 0.00840. The summed E-state index contributed by atoms with van der Waals surface area (Å²) < 4.78 is 15.1. The quantitative estimate of drug-likeness (QED) is 0.309. The first kappa shape index (κ1) is 23.1. The molecule has 6 heteroatoms. The summed E-state index contributed by atoms with van der Waals surface area (Å²) in [6.07, 6.45) is 1.12. The van der Waals surface area contributed by atoms with Crippen LogP contribution < -0.4 is 4.90 Å². The molecule has 0 aliphatic heterocycles. The number of aromatic nitrogens is 1. The Bertz CT molecular complexity index is 1150. The van der Waals surface area contributed by atoms with Crippen molar-refractivity contribution >= 4 is 32.6 Å². The molecule has 170 valence electrons. The van der Waals surface area contributed by atoms with Gasteiger partial charge >= 0.3 is 0 Å². The second-order valence-electron chi connectivity index (χ2n) is 8.36. The van der Waals surface area contributed by atoms with Gasteiger partial charge in [0, 0.05) is 18.9 Å². The Hall–Kier alpha value is -3.09. The second-order valence-corrected chi connectivity index (χ2v) is 9.37. The Morgan fingerprint density at radius 1 is 0.909 bits per heavy atom. The van der Waals surface area contributed by atoms with E-state index >= 15 is 0 Å². The van der Waals surface area contributed by atoms with Crippen molar-refractivity contribution in [2.75, 3.05) is 32.1 Å². The lowest BCUT2D eigenvalue weighted by molar-refractivity contribution is -0.118. The number of para-hydroxylation sites is 1. The number of carbonyl (C=O) groups is 1. The standard InChI is InChI=1S/C27H28FN3OS/c1-30(2)17-10-18-31(27-29-26-23(28)15-9-16-24(26)33-27)25(32)19-22(20-11-5-3-6-12-20)21-13-7-4-8-14-21/h3-9,11-16,22H,10,17-19H2,1-2H3. The van der Waals surface area contributed by atoms with Crippen molar-refractivity contribution in [3.63, 3.8) is 0 Å². The van der Waals surface area contributed by atoms with Crippen LogP contribution in [0.1, 0.15) is 29.9 Å². The lowest BCUT2D eigenvalue weighted by Gasteiger charge is -2.24. The lowest BCUT2D eigenvalue weighted by Crippen LogP contribution is -2.34. The van der Waals surface area contributed by atoms with E-state index < -0.39 is 0 Å². The average Bonchev–Trinajstić information content (AvgIpc) is 3.26. The molecule has 1 amide bonds. The van der Waals surface area contributed by atoms with Gasteiger partial charge in [0.25, 0.3) is 0 Å². The van der Waals surface area contributed by atoms with E-state index in [1.165, 1.54) is 17.4 Å². The van der Waals surface area contributed by atoms with E-state index in [1.54, 1.807) is 11.0 Å². The number of anilines is 1. The van der Waals surface area contributed by atoms with Crippen molar-refractivity contribution in [3.8, 4) is 0 Å². The van der Waals surface area contributed by atoms with Gasteiger partial charge in [-0.2, -0.15) is 0 Å². The Morgan fingerprint density at radius 3 is 2.12 bits per heavy atom. The van der Waals surface area contributed by atoms with E-state index in [0.717, 1.165) is 28.8 Å². The molecule has 0 atom stereocenters. The summed E-state index contributed by atoms with van der Waals surface area (Å²) in [7, 11) is 4.03. The van der Waals surface area contributed by atoms with Crippen molar-refractivity contribution in [3.05, 3.63) is 95.8 Å². The molecule has 0 saturated heterocycles. The molecule has 1 aromatic heterocycles. The third-order valence-electron chi connectivity index (χ3n) is 5.66. The van der Waals surface area contributed by atoms with Gasteiger partial charge in [-0.1, -0.05) is 78.1 Å². The molecule has 4 aromatic rings. The Kier molecular flexibility index (Phi) is 7.47. The summed E-state index contributed by atoms with van der Waals surface area (Å²) in [6, 6.07) is 25.2. The van der Waals surface area contributed by atoms with Crippen LogP contribution in [-0.2, 0) is 4.79 Å². The van der Waals surface area contributed by atoms with Gasteiger partial charge in [-0.15, -0.1) is 0 Å². The molecule has 0 saturated carbocycles. The number of amides is 1. The third kappa shape index (κ3) is 5.64. The minimum atomic E-state index is -0.359. The highest BCUT2D eigenvalue weighted by atomic mass is 32.1. The van der Waals surface area contributed by atoms with E-state index in [0.29, 0.717) is 23.6 Å². The highest BCUT2D eigenvalue weighted by molar-refractivity contribution is 7.22. The first-order chi connectivity index (χ1) is 16.0. The van der Waals surface area contributed by atoms with Gasteiger partial charge < -0.3 is 4.90 Å². The zero-order valence-corrected chi connectivity index (χ0v) is 19.8. The fourth-order valence-corrected chi connectivity index (χ4v) is 5.00. The molecule has 0 aliphatic carbocycles. The molecule has 3 aromatic carbocycles. The highest BCUT2D eigenvalue weighted by Crippen LogP contribution is 2.33.